The largest absolute Gasteiger partial charge is 0.433 e. The van der Waals surface area contributed by atoms with E-state index < -0.39 is 22.7 Å². The molecule has 0 atom stereocenters. The van der Waals surface area contributed by atoms with E-state index in [1.807, 2.05) is 0 Å². The van der Waals surface area contributed by atoms with Crippen molar-refractivity contribution in [1.29, 1.82) is 0 Å². The number of Topliss-reactive ketones (excluding diaryl/α,β-unsaturated/α-hetero) is 1. The van der Waals surface area contributed by atoms with E-state index in [-0.39, 0.29) is 24.6 Å². The molecule has 2 heterocycles. The first-order valence-corrected chi connectivity index (χ1v) is 5.78. The number of rotatable bonds is 5. The number of ketones is 1. The van der Waals surface area contributed by atoms with Gasteiger partial charge in [0.1, 0.15) is 17.3 Å². The van der Waals surface area contributed by atoms with Crippen molar-refractivity contribution in [2.75, 3.05) is 13.1 Å². The molecule has 0 aliphatic carbocycles. The Bertz CT molecular complexity index is 649. The Hall–Kier alpha value is -3.04. The summed E-state index contributed by atoms with van der Waals surface area (Å²) in [6, 6.07) is 1.71. The molecule has 110 valence electrons. The van der Waals surface area contributed by atoms with Crippen LogP contribution in [0.1, 0.15) is 12.7 Å². The lowest BCUT2D eigenvalue weighted by Crippen LogP contribution is -2.35. The van der Waals surface area contributed by atoms with Crippen LogP contribution in [0.5, 0.6) is 0 Å². The first kappa shape index (κ1) is 14.4. The first-order valence-electron chi connectivity index (χ1n) is 5.78. The summed E-state index contributed by atoms with van der Waals surface area (Å²) in [6.45, 7) is 0.649. The highest BCUT2D eigenvalue weighted by Crippen LogP contribution is 2.15. The van der Waals surface area contributed by atoms with Crippen LogP contribution in [0.4, 0.5) is 10.7 Å². The molecular formula is C11H10N4O6. The van der Waals surface area contributed by atoms with Crippen LogP contribution in [0.25, 0.3) is 0 Å². The zero-order valence-electron chi connectivity index (χ0n) is 10.9. The average molecular weight is 294 g/mol. The van der Waals surface area contributed by atoms with E-state index in [1.54, 1.807) is 0 Å². The standard InChI is InChI=1S/C11H10N4O6/c1-7(16)5-13-9(17)6-14(11(13)18)12-4-8-2-3-10(21-8)15(19)20/h2-4H,5-6H2,1H3/b12-4+. The van der Waals surface area contributed by atoms with Crippen molar-refractivity contribution in [3.05, 3.63) is 28.0 Å². The molecule has 1 fully saturated rings. The van der Waals surface area contributed by atoms with Gasteiger partial charge in [0, 0.05) is 0 Å². The minimum atomic E-state index is -0.729. The van der Waals surface area contributed by atoms with E-state index in [0.717, 1.165) is 22.2 Å². The van der Waals surface area contributed by atoms with Gasteiger partial charge in [-0.05, 0) is 13.0 Å². The number of hydrazone groups is 1. The Labute approximate surface area is 117 Å². The van der Waals surface area contributed by atoms with Crippen LogP contribution in [0, 0.1) is 10.1 Å². The number of furan rings is 1. The molecule has 1 aromatic heterocycles. The number of nitro groups is 1. The van der Waals surface area contributed by atoms with Gasteiger partial charge in [0.25, 0.3) is 5.91 Å². The zero-order valence-corrected chi connectivity index (χ0v) is 10.9. The molecular weight excluding hydrogens is 284 g/mol. The number of hydrogen-bond donors (Lipinski definition) is 0. The maximum atomic E-state index is 11.8. The second-order valence-electron chi connectivity index (χ2n) is 4.20. The first-order chi connectivity index (χ1) is 9.88. The number of carbonyl (C=O) groups is 3. The lowest BCUT2D eigenvalue weighted by molar-refractivity contribution is -0.402. The van der Waals surface area contributed by atoms with Gasteiger partial charge in [-0.1, -0.05) is 0 Å². The fourth-order valence-corrected chi connectivity index (χ4v) is 1.63. The van der Waals surface area contributed by atoms with Gasteiger partial charge >= 0.3 is 11.9 Å². The average Bonchev–Trinajstić information content (AvgIpc) is 2.96. The van der Waals surface area contributed by atoms with E-state index in [4.69, 9.17) is 4.42 Å². The molecule has 0 radical (unpaired) electrons. The number of hydrogen-bond acceptors (Lipinski definition) is 7. The van der Waals surface area contributed by atoms with E-state index >= 15 is 0 Å². The third-order valence-corrected chi connectivity index (χ3v) is 2.54. The Kier molecular flexibility index (Phi) is 3.78. The number of nitrogens with zero attached hydrogens (tertiary/aromatic N) is 4. The van der Waals surface area contributed by atoms with Crippen molar-refractivity contribution in [1.82, 2.24) is 9.91 Å². The SMILES string of the molecule is CC(=O)CN1C(=O)CN(/N=C/c2ccc([N+](=O)[O-])o2)C1=O. The molecule has 21 heavy (non-hydrogen) atoms. The Morgan fingerprint density at radius 2 is 2.24 bits per heavy atom. The number of amides is 3. The fraction of sp³-hybridized carbons (Fsp3) is 0.273. The molecule has 0 saturated carbocycles. The molecule has 3 amide bonds. The molecule has 1 aliphatic heterocycles. The lowest BCUT2D eigenvalue weighted by Gasteiger charge is -2.11. The van der Waals surface area contributed by atoms with E-state index in [1.165, 1.54) is 13.0 Å². The fourth-order valence-electron chi connectivity index (χ4n) is 1.63. The zero-order chi connectivity index (χ0) is 15.6. The van der Waals surface area contributed by atoms with Crippen molar-refractivity contribution in [2.45, 2.75) is 6.92 Å². The molecule has 1 aliphatic rings. The number of carbonyl (C=O) groups excluding carboxylic acids is 3. The van der Waals surface area contributed by atoms with E-state index in [2.05, 4.69) is 5.10 Å². The smallest absolute Gasteiger partial charge is 0.400 e. The van der Waals surface area contributed by atoms with Crippen LogP contribution in [0.2, 0.25) is 0 Å². The number of urea groups is 1. The predicted molar refractivity (Wildman–Crippen MR) is 67.5 cm³/mol. The molecule has 0 aromatic carbocycles. The minimum absolute atomic E-state index is 0.0620. The molecule has 10 heteroatoms. The van der Waals surface area contributed by atoms with Crippen molar-refractivity contribution >= 4 is 29.8 Å². The lowest BCUT2D eigenvalue weighted by atomic mass is 10.4. The molecule has 0 unspecified atom stereocenters. The number of imide groups is 1. The summed E-state index contributed by atoms with van der Waals surface area (Å²) in [5, 5.41) is 15.0. The summed E-state index contributed by atoms with van der Waals surface area (Å²) in [5.41, 5.74) is 0. The highest BCUT2D eigenvalue weighted by atomic mass is 16.6. The summed E-state index contributed by atoms with van der Waals surface area (Å²) >= 11 is 0. The van der Waals surface area contributed by atoms with Gasteiger partial charge in [-0.25, -0.2) is 9.80 Å². The van der Waals surface area contributed by atoms with Gasteiger partial charge in [-0.3, -0.25) is 24.6 Å². The third kappa shape index (κ3) is 3.11. The summed E-state index contributed by atoms with van der Waals surface area (Å²) in [5.74, 6) is -1.27. The van der Waals surface area contributed by atoms with Crippen LogP contribution in [0.3, 0.4) is 0 Å². The molecule has 0 spiro atoms. The van der Waals surface area contributed by atoms with Crippen molar-refractivity contribution < 1.29 is 23.7 Å². The summed E-state index contributed by atoms with van der Waals surface area (Å²) in [7, 11) is 0. The van der Waals surface area contributed by atoms with Gasteiger partial charge in [0.2, 0.25) is 0 Å². The van der Waals surface area contributed by atoms with Crippen molar-refractivity contribution in [3.8, 4) is 0 Å². The summed E-state index contributed by atoms with van der Waals surface area (Å²) in [6.07, 6.45) is 1.08. The maximum Gasteiger partial charge on any atom is 0.433 e. The van der Waals surface area contributed by atoms with Gasteiger partial charge in [-0.2, -0.15) is 5.10 Å². The minimum Gasteiger partial charge on any atom is -0.400 e. The van der Waals surface area contributed by atoms with Crippen LogP contribution in [-0.2, 0) is 9.59 Å². The second kappa shape index (κ2) is 5.53. The molecule has 10 nitrogen and oxygen atoms in total. The van der Waals surface area contributed by atoms with Crippen LogP contribution in [-0.4, -0.2) is 51.9 Å². The van der Waals surface area contributed by atoms with Crippen LogP contribution in [0.15, 0.2) is 21.7 Å². The quantitative estimate of drug-likeness (QED) is 0.334. The molecule has 0 bridgehead atoms. The Balaban J connectivity index is 2.07. The normalized spacial score (nSPS) is 15.3. The van der Waals surface area contributed by atoms with Gasteiger partial charge in [0.15, 0.2) is 5.76 Å². The van der Waals surface area contributed by atoms with Gasteiger partial charge in [0.05, 0.1) is 18.8 Å². The Morgan fingerprint density at radius 1 is 1.52 bits per heavy atom. The van der Waals surface area contributed by atoms with Crippen LogP contribution >= 0.6 is 0 Å². The maximum absolute atomic E-state index is 11.8. The van der Waals surface area contributed by atoms with Crippen LogP contribution < -0.4 is 0 Å². The van der Waals surface area contributed by atoms with E-state index in [9.17, 15) is 24.5 Å². The van der Waals surface area contributed by atoms with E-state index in [0.29, 0.717) is 0 Å². The third-order valence-electron chi connectivity index (χ3n) is 2.54. The molecule has 1 saturated heterocycles. The highest BCUT2D eigenvalue weighted by Gasteiger charge is 2.36. The van der Waals surface area contributed by atoms with Crippen molar-refractivity contribution in [2.24, 2.45) is 5.10 Å². The topological polar surface area (TPSA) is 126 Å². The molecule has 2 rings (SSSR count). The monoisotopic (exact) mass is 294 g/mol. The molecule has 0 N–H and O–H groups in total. The second-order valence-corrected chi connectivity index (χ2v) is 4.20. The summed E-state index contributed by atoms with van der Waals surface area (Å²) < 4.78 is 4.82. The summed E-state index contributed by atoms with van der Waals surface area (Å²) in [4.78, 5) is 44.8. The highest BCUT2D eigenvalue weighted by molar-refractivity contribution is 6.04. The Morgan fingerprint density at radius 3 is 2.81 bits per heavy atom. The molecule has 1 aromatic rings. The van der Waals surface area contributed by atoms with Gasteiger partial charge < -0.3 is 4.42 Å². The predicted octanol–water partition coefficient (Wildman–Crippen LogP) is 0.375. The van der Waals surface area contributed by atoms with Gasteiger partial charge in [-0.15, -0.1) is 0 Å². The van der Waals surface area contributed by atoms with Crippen molar-refractivity contribution in [3.63, 3.8) is 0 Å².